The number of non-ortho nitro benzene ring substituents is 1. The van der Waals surface area contributed by atoms with Crippen molar-refractivity contribution in [1.29, 1.82) is 0 Å². The summed E-state index contributed by atoms with van der Waals surface area (Å²) in [6.45, 7) is 1.50. The van der Waals surface area contributed by atoms with Gasteiger partial charge in [-0.25, -0.2) is 0 Å². The number of nitrogens with one attached hydrogen (secondary N) is 1. The predicted octanol–water partition coefficient (Wildman–Crippen LogP) is 3.55. The monoisotopic (exact) mass is 408 g/mol. The van der Waals surface area contributed by atoms with Gasteiger partial charge >= 0.3 is 0 Å². The Bertz CT molecular complexity index is 977. The smallest absolute Gasteiger partial charge is 0.269 e. The molecule has 0 spiro atoms. The molecule has 1 aliphatic heterocycles. The summed E-state index contributed by atoms with van der Waals surface area (Å²) in [5.41, 5.74) is 2.54. The van der Waals surface area contributed by atoms with E-state index in [9.17, 15) is 19.7 Å². The van der Waals surface area contributed by atoms with Gasteiger partial charge in [-0.3, -0.25) is 19.7 Å². The molecule has 8 nitrogen and oxygen atoms in total. The van der Waals surface area contributed by atoms with Gasteiger partial charge in [0, 0.05) is 56.8 Å². The quantitative estimate of drug-likeness (QED) is 0.448. The minimum absolute atomic E-state index is 0.00668. The van der Waals surface area contributed by atoms with Crippen molar-refractivity contribution < 1.29 is 14.5 Å². The topological polar surface area (TPSA) is 95.8 Å². The van der Waals surface area contributed by atoms with Crippen molar-refractivity contribution in [1.82, 2.24) is 4.90 Å². The lowest BCUT2D eigenvalue weighted by molar-refractivity contribution is -0.384. The van der Waals surface area contributed by atoms with Crippen LogP contribution >= 0.6 is 0 Å². The number of hydrogen-bond donors (Lipinski definition) is 1. The summed E-state index contributed by atoms with van der Waals surface area (Å²) >= 11 is 0. The minimum Gasteiger partial charge on any atom is -0.377 e. The van der Waals surface area contributed by atoms with Gasteiger partial charge in [-0.2, -0.15) is 0 Å². The fourth-order valence-corrected chi connectivity index (χ4v) is 3.33. The first-order valence-electron chi connectivity index (χ1n) is 9.69. The molecule has 1 saturated heterocycles. The van der Waals surface area contributed by atoms with Crippen molar-refractivity contribution in [3.8, 4) is 0 Å². The molecule has 1 aliphatic rings. The second kappa shape index (κ2) is 9.21. The van der Waals surface area contributed by atoms with Crippen molar-refractivity contribution in [2.24, 2.45) is 0 Å². The zero-order valence-corrected chi connectivity index (χ0v) is 17.0. The maximum absolute atomic E-state index is 12.9. The van der Waals surface area contributed by atoms with Crippen LogP contribution in [-0.2, 0) is 4.79 Å². The number of likely N-dealkylation sites (tertiary alicyclic amines) is 1. The first-order valence-corrected chi connectivity index (χ1v) is 9.69. The van der Waals surface area contributed by atoms with Gasteiger partial charge in [0.15, 0.2) is 0 Å². The molecule has 2 aromatic carbocycles. The molecule has 1 fully saturated rings. The van der Waals surface area contributed by atoms with E-state index in [4.69, 9.17) is 0 Å². The normalized spacial score (nSPS) is 13.5. The van der Waals surface area contributed by atoms with Gasteiger partial charge in [0.05, 0.1) is 10.5 Å². The number of anilines is 2. The Kier molecular flexibility index (Phi) is 6.46. The lowest BCUT2D eigenvalue weighted by atomic mass is 10.1. The molecule has 2 amide bonds. The van der Waals surface area contributed by atoms with Crippen LogP contribution in [0.25, 0.3) is 6.08 Å². The lowest BCUT2D eigenvalue weighted by Crippen LogP contribution is -2.29. The highest BCUT2D eigenvalue weighted by Gasteiger charge is 2.23. The van der Waals surface area contributed by atoms with Gasteiger partial charge in [0.2, 0.25) is 5.91 Å². The van der Waals surface area contributed by atoms with Gasteiger partial charge in [-0.05, 0) is 54.8 Å². The Morgan fingerprint density at radius 2 is 1.77 bits per heavy atom. The standard InChI is InChI=1S/C22H24N4O4/c1-24(2)20-11-8-17(15-19(20)22(28)25-13-3-4-14-25)23-21(27)12-7-16-5-9-18(10-6-16)26(29)30/h5-12,15H,3-4,13-14H2,1-2H3,(H,23,27). The Labute approximate surface area is 174 Å². The van der Waals surface area contributed by atoms with Crippen LogP contribution in [0.4, 0.5) is 17.1 Å². The minimum atomic E-state index is -0.474. The van der Waals surface area contributed by atoms with E-state index in [0.717, 1.165) is 31.6 Å². The molecule has 0 atom stereocenters. The molecular formula is C22H24N4O4. The van der Waals surface area contributed by atoms with Crippen molar-refractivity contribution >= 4 is 35.0 Å². The van der Waals surface area contributed by atoms with E-state index >= 15 is 0 Å². The summed E-state index contributed by atoms with van der Waals surface area (Å²) in [5, 5.41) is 13.5. The molecule has 1 heterocycles. The average Bonchev–Trinajstić information content (AvgIpc) is 3.26. The molecule has 0 aliphatic carbocycles. The van der Waals surface area contributed by atoms with E-state index < -0.39 is 4.92 Å². The van der Waals surface area contributed by atoms with E-state index in [0.29, 0.717) is 16.8 Å². The summed E-state index contributed by atoms with van der Waals surface area (Å²) < 4.78 is 0. The summed E-state index contributed by atoms with van der Waals surface area (Å²) in [7, 11) is 3.75. The molecular weight excluding hydrogens is 384 g/mol. The number of nitro groups is 1. The Hall–Kier alpha value is -3.68. The fourth-order valence-electron chi connectivity index (χ4n) is 3.33. The number of carbonyl (C=O) groups is 2. The fraction of sp³-hybridized carbons (Fsp3) is 0.273. The largest absolute Gasteiger partial charge is 0.377 e. The number of amides is 2. The molecule has 156 valence electrons. The summed E-state index contributed by atoms with van der Waals surface area (Å²) in [6.07, 6.45) is 4.94. The van der Waals surface area contributed by atoms with Gasteiger partial charge in [0.1, 0.15) is 0 Å². The molecule has 3 rings (SSSR count). The van der Waals surface area contributed by atoms with E-state index in [-0.39, 0.29) is 17.5 Å². The highest BCUT2D eigenvalue weighted by atomic mass is 16.6. The maximum atomic E-state index is 12.9. The third-order valence-corrected chi connectivity index (χ3v) is 4.90. The first kappa shape index (κ1) is 21.0. The maximum Gasteiger partial charge on any atom is 0.269 e. The van der Waals surface area contributed by atoms with E-state index in [1.165, 1.54) is 18.2 Å². The number of benzene rings is 2. The van der Waals surface area contributed by atoms with Gasteiger partial charge < -0.3 is 15.1 Å². The molecule has 1 N–H and O–H groups in total. The first-order chi connectivity index (χ1) is 14.3. The highest BCUT2D eigenvalue weighted by molar-refractivity contribution is 6.05. The van der Waals surface area contributed by atoms with Crippen LogP contribution in [0.3, 0.4) is 0 Å². The van der Waals surface area contributed by atoms with Crippen molar-refractivity contribution in [2.45, 2.75) is 12.8 Å². The highest BCUT2D eigenvalue weighted by Crippen LogP contribution is 2.26. The lowest BCUT2D eigenvalue weighted by Gasteiger charge is -2.22. The molecule has 0 aromatic heterocycles. The van der Waals surface area contributed by atoms with Crippen LogP contribution in [0.5, 0.6) is 0 Å². The predicted molar refractivity (Wildman–Crippen MR) is 117 cm³/mol. The van der Waals surface area contributed by atoms with Crippen molar-refractivity contribution in [2.75, 3.05) is 37.4 Å². The molecule has 0 bridgehead atoms. The van der Waals surface area contributed by atoms with Crippen LogP contribution in [0.2, 0.25) is 0 Å². The van der Waals surface area contributed by atoms with Crippen molar-refractivity contribution in [3.05, 3.63) is 69.8 Å². The van der Waals surface area contributed by atoms with E-state index in [1.54, 1.807) is 30.3 Å². The van der Waals surface area contributed by atoms with Crippen LogP contribution in [0, 0.1) is 10.1 Å². The van der Waals surface area contributed by atoms with Gasteiger partial charge in [-0.1, -0.05) is 0 Å². The summed E-state index contributed by atoms with van der Waals surface area (Å²) in [6, 6.07) is 11.2. The molecule has 0 unspecified atom stereocenters. The van der Waals surface area contributed by atoms with Crippen LogP contribution in [0.15, 0.2) is 48.5 Å². The zero-order valence-electron chi connectivity index (χ0n) is 17.0. The molecule has 0 radical (unpaired) electrons. The molecule has 0 saturated carbocycles. The Morgan fingerprint density at radius 3 is 2.37 bits per heavy atom. The molecule has 30 heavy (non-hydrogen) atoms. The van der Waals surface area contributed by atoms with E-state index in [1.807, 2.05) is 30.0 Å². The second-order valence-corrected chi connectivity index (χ2v) is 7.30. The zero-order chi connectivity index (χ0) is 21.7. The van der Waals surface area contributed by atoms with Crippen LogP contribution < -0.4 is 10.2 Å². The second-order valence-electron chi connectivity index (χ2n) is 7.30. The number of carbonyl (C=O) groups excluding carboxylic acids is 2. The molecule has 8 heteroatoms. The third-order valence-electron chi connectivity index (χ3n) is 4.90. The summed E-state index contributed by atoms with van der Waals surface area (Å²) in [4.78, 5) is 39.2. The van der Waals surface area contributed by atoms with Crippen molar-refractivity contribution in [3.63, 3.8) is 0 Å². The Morgan fingerprint density at radius 1 is 1.10 bits per heavy atom. The third kappa shape index (κ3) is 5.02. The number of nitro benzene ring substituents is 1. The number of hydrogen-bond acceptors (Lipinski definition) is 5. The summed E-state index contributed by atoms with van der Waals surface area (Å²) in [5.74, 6) is -0.390. The SMILES string of the molecule is CN(C)c1ccc(NC(=O)C=Cc2ccc([N+](=O)[O-])cc2)cc1C(=O)N1CCCC1. The number of rotatable bonds is 6. The van der Waals surface area contributed by atoms with Gasteiger partial charge in [-0.15, -0.1) is 0 Å². The molecule has 2 aromatic rings. The number of nitrogens with zero attached hydrogens (tertiary/aromatic N) is 3. The van der Waals surface area contributed by atoms with E-state index in [2.05, 4.69) is 5.32 Å². The Balaban J connectivity index is 1.73. The van der Waals surface area contributed by atoms with Crippen LogP contribution in [-0.4, -0.2) is 48.8 Å². The van der Waals surface area contributed by atoms with Crippen LogP contribution in [0.1, 0.15) is 28.8 Å². The van der Waals surface area contributed by atoms with Gasteiger partial charge in [0.25, 0.3) is 11.6 Å². The average molecular weight is 408 g/mol.